The van der Waals surface area contributed by atoms with Crippen LogP contribution in [0.15, 0.2) is 12.2 Å². The molecule has 3 N–H and O–H groups in total. The number of carbonyl (C=O) groups is 1. The highest BCUT2D eigenvalue weighted by atomic mass is 31.2. The Balaban J connectivity index is 3.87. The van der Waals surface area contributed by atoms with Crippen molar-refractivity contribution in [2.45, 2.75) is 373 Å². The van der Waals surface area contributed by atoms with E-state index in [1.165, 1.54) is 308 Å². The summed E-state index contributed by atoms with van der Waals surface area (Å²) in [4.78, 5) is 23.3. The summed E-state index contributed by atoms with van der Waals surface area (Å²) in [5.74, 6) is -0.168. The molecule has 0 aliphatic carbocycles. The Morgan fingerprint density at radius 2 is 0.697 bits per heavy atom. The molecule has 0 fully saturated rings. The molecule has 0 saturated heterocycles. The lowest BCUT2D eigenvalue weighted by atomic mass is 10.0. The van der Waals surface area contributed by atoms with Crippen molar-refractivity contribution in [2.75, 3.05) is 40.9 Å². The van der Waals surface area contributed by atoms with E-state index in [0.29, 0.717) is 17.4 Å². The topological polar surface area (TPSA) is 105 Å². The molecule has 1 amide bonds. The molecule has 3 atom stereocenters. The molecule has 0 aromatic heterocycles. The number of rotatable bonds is 64. The van der Waals surface area contributed by atoms with Gasteiger partial charge < -0.3 is 19.8 Å². The highest BCUT2D eigenvalue weighted by molar-refractivity contribution is 7.47. The van der Waals surface area contributed by atoms with E-state index >= 15 is 0 Å². The number of phosphoric ester groups is 1. The Bertz CT molecular complexity index is 1240. The Kier molecular flexibility index (Phi) is 58.3. The number of carbonyl (C=O) groups excluding carboxylic acids is 1. The van der Waals surface area contributed by atoms with E-state index in [-0.39, 0.29) is 19.1 Å². The van der Waals surface area contributed by atoms with Gasteiger partial charge >= 0.3 is 7.82 Å². The number of aliphatic hydroxyl groups is 1. The predicted molar refractivity (Wildman–Crippen MR) is 332 cm³/mol. The van der Waals surface area contributed by atoms with Crippen molar-refractivity contribution in [1.29, 1.82) is 0 Å². The Labute approximate surface area is 475 Å². The number of quaternary nitrogens is 1. The summed E-state index contributed by atoms with van der Waals surface area (Å²) in [5, 5.41) is 14.0. The van der Waals surface area contributed by atoms with Crippen LogP contribution in [-0.4, -0.2) is 73.4 Å². The van der Waals surface area contributed by atoms with Gasteiger partial charge in [-0.25, -0.2) is 4.57 Å². The Morgan fingerprint density at radius 1 is 0.434 bits per heavy atom. The third-order valence-electron chi connectivity index (χ3n) is 16.0. The van der Waals surface area contributed by atoms with Crippen LogP contribution in [0.25, 0.3) is 0 Å². The average Bonchev–Trinajstić information content (AvgIpc) is 3.38. The molecular weight excluding hydrogens is 960 g/mol. The monoisotopic (exact) mass is 1100 g/mol. The second-order valence-corrected chi connectivity index (χ2v) is 26.4. The number of nitrogens with zero attached hydrogens (tertiary/aromatic N) is 1. The number of nitrogens with one attached hydrogen (secondary N) is 1. The molecule has 0 heterocycles. The number of hydrogen-bond acceptors (Lipinski definition) is 5. The fourth-order valence-electron chi connectivity index (χ4n) is 10.7. The maximum Gasteiger partial charge on any atom is 0.472 e. The maximum atomic E-state index is 13.0. The van der Waals surface area contributed by atoms with Crippen molar-refractivity contribution in [3.63, 3.8) is 0 Å². The molecule has 8 nitrogen and oxygen atoms in total. The fourth-order valence-corrected chi connectivity index (χ4v) is 11.4. The van der Waals surface area contributed by atoms with Gasteiger partial charge in [0.2, 0.25) is 5.91 Å². The first-order chi connectivity index (χ1) is 37.0. The number of aliphatic hydroxyl groups excluding tert-OH is 1. The summed E-state index contributed by atoms with van der Waals surface area (Å²) in [6, 6.07) is -0.842. The van der Waals surface area contributed by atoms with Crippen molar-refractivity contribution in [3.05, 3.63) is 12.2 Å². The van der Waals surface area contributed by atoms with Gasteiger partial charge in [-0.15, -0.1) is 0 Å². The molecule has 0 aromatic rings. The smallest absolute Gasteiger partial charge is 0.387 e. The highest BCUT2D eigenvalue weighted by Gasteiger charge is 2.28. The molecule has 0 aliphatic rings. The number of allylic oxidation sites excluding steroid dienone is 1. The van der Waals surface area contributed by atoms with Crippen molar-refractivity contribution in [3.8, 4) is 0 Å². The van der Waals surface area contributed by atoms with E-state index in [9.17, 15) is 19.4 Å². The number of likely N-dealkylation sites (N-methyl/N-ethyl adjacent to an activating group) is 1. The minimum absolute atomic E-state index is 0.0652. The molecule has 76 heavy (non-hydrogen) atoms. The second-order valence-electron chi connectivity index (χ2n) is 24.9. The molecule has 0 aliphatic heterocycles. The third-order valence-corrected chi connectivity index (χ3v) is 17.0. The van der Waals surface area contributed by atoms with Gasteiger partial charge in [0.1, 0.15) is 13.2 Å². The summed E-state index contributed by atoms with van der Waals surface area (Å²) in [6.07, 6.45) is 75.1. The van der Waals surface area contributed by atoms with Crippen LogP contribution >= 0.6 is 7.82 Å². The van der Waals surface area contributed by atoms with Crippen LogP contribution in [0.4, 0.5) is 0 Å². The summed E-state index contributed by atoms with van der Waals surface area (Å²) < 4.78 is 23.8. The zero-order chi connectivity index (χ0) is 55.6. The SMILES string of the molecule is CCCCCCCCCCCCCCCC/C=C/C(O)C(COP(=O)(O)OCC[N+](C)(C)C)NC(=O)CCCCCCCCCCCCCCCCCCCCCCCCCCCCCCCCCCCCCCCC. The van der Waals surface area contributed by atoms with Gasteiger partial charge in [-0.3, -0.25) is 13.8 Å². The van der Waals surface area contributed by atoms with Crippen molar-refractivity contribution in [1.82, 2.24) is 5.32 Å². The molecule has 0 spiro atoms. The molecule has 0 radical (unpaired) electrons. The van der Waals surface area contributed by atoms with Gasteiger partial charge in [0.15, 0.2) is 0 Å². The van der Waals surface area contributed by atoms with E-state index in [1.807, 2.05) is 27.2 Å². The van der Waals surface area contributed by atoms with Crippen molar-refractivity contribution < 1.29 is 32.9 Å². The largest absolute Gasteiger partial charge is 0.472 e. The van der Waals surface area contributed by atoms with Gasteiger partial charge in [-0.2, -0.15) is 0 Å². The lowest BCUT2D eigenvalue weighted by Gasteiger charge is -2.25. The zero-order valence-corrected chi connectivity index (χ0v) is 52.9. The highest BCUT2D eigenvalue weighted by Crippen LogP contribution is 2.43. The number of hydrogen-bond donors (Lipinski definition) is 3. The van der Waals surface area contributed by atoms with Crippen LogP contribution in [0.1, 0.15) is 361 Å². The predicted octanol–water partition coefficient (Wildman–Crippen LogP) is 21.3. The molecule has 0 aromatic carbocycles. The van der Waals surface area contributed by atoms with E-state index in [2.05, 4.69) is 19.2 Å². The van der Waals surface area contributed by atoms with Crippen molar-refractivity contribution in [2.24, 2.45) is 0 Å². The molecule has 9 heteroatoms. The standard InChI is InChI=1S/C67H135N2O6P/c1-6-8-10-12-14-16-18-20-22-24-25-26-27-28-29-30-31-32-33-34-35-36-37-38-39-40-41-42-43-44-45-47-49-51-53-55-57-59-61-67(71)68-65(64-75-76(72,73)74-63-62-69(3,4)5)66(70)60-58-56-54-52-50-48-46-23-21-19-17-15-13-11-9-7-2/h58,60,65-66,70H,6-57,59,61-64H2,1-5H3,(H-,68,71,72,73)/p+1/b60-58+. The first-order valence-corrected chi connectivity index (χ1v) is 35.6. The maximum absolute atomic E-state index is 13.0. The van der Waals surface area contributed by atoms with Gasteiger partial charge in [-0.05, 0) is 19.3 Å². The molecular formula is C67H136N2O6P+. The number of amides is 1. The van der Waals surface area contributed by atoms with E-state index in [1.54, 1.807) is 6.08 Å². The van der Waals surface area contributed by atoms with E-state index < -0.39 is 20.0 Å². The average molecular weight is 1100 g/mol. The third kappa shape index (κ3) is 60.9. The van der Waals surface area contributed by atoms with Gasteiger partial charge in [0.25, 0.3) is 0 Å². The van der Waals surface area contributed by atoms with Crippen molar-refractivity contribution >= 4 is 13.7 Å². The Hall–Kier alpha value is -0.760. The van der Waals surface area contributed by atoms with Crippen LogP contribution in [-0.2, 0) is 18.4 Å². The number of unbranched alkanes of at least 4 members (excludes halogenated alkanes) is 51. The minimum Gasteiger partial charge on any atom is -0.387 e. The molecule has 454 valence electrons. The normalized spacial score (nSPS) is 13.7. The van der Waals surface area contributed by atoms with Crippen LogP contribution in [0, 0.1) is 0 Å². The summed E-state index contributed by atoms with van der Waals surface area (Å²) >= 11 is 0. The van der Waals surface area contributed by atoms with Crippen LogP contribution in [0.2, 0.25) is 0 Å². The van der Waals surface area contributed by atoms with Gasteiger partial charge in [0.05, 0.1) is 39.9 Å². The zero-order valence-electron chi connectivity index (χ0n) is 52.0. The summed E-state index contributed by atoms with van der Waals surface area (Å²) in [7, 11) is 1.59. The lowest BCUT2D eigenvalue weighted by molar-refractivity contribution is -0.870. The molecule has 0 rings (SSSR count). The number of phosphoric acid groups is 1. The fraction of sp³-hybridized carbons (Fsp3) is 0.955. The van der Waals surface area contributed by atoms with Crippen LogP contribution < -0.4 is 5.32 Å². The summed E-state index contributed by atoms with van der Waals surface area (Å²) in [6.45, 7) is 4.87. The first kappa shape index (κ1) is 75.2. The van der Waals surface area contributed by atoms with Gasteiger partial charge in [-0.1, -0.05) is 347 Å². The van der Waals surface area contributed by atoms with Crippen LogP contribution in [0.3, 0.4) is 0 Å². The summed E-state index contributed by atoms with van der Waals surface area (Å²) in [5.41, 5.74) is 0. The first-order valence-electron chi connectivity index (χ1n) is 34.1. The van der Waals surface area contributed by atoms with Crippen LogP contribution in [0.5, 0.6) is 0 Å². The molecule has 0 saturated carbocycles. The Morgan fingerprint density at radius 3 is 0.974 bits per heavy atom. The quantitative estimate of drug-likeness (QED) is 0.0243. The molecule has 3 unspecified atom stereocenters. The second kappa shape index (κ2) is 58.9. The van der Waals surface area contributed by atoms with E-state index in [4.69, 9.17) is 9.05 Å². The molecule has 0 bridgehead atoms. The van der Waals surface area contributed by atoms with Gasteiger partial charge in [0, 0.05) is 6.42 Å². The van der Waals surface area contributed by atoms with E-state index in [0.717, 1.165) is 32.1 Å². The lowest BCUT2D eigenvalue weighted by Crippen LogP contribution is -2.45. The minimum atomic E-state index is -4.34.